The van der Waals surface area contributed by atoms with Gasteiger partial charge in [-0.05, 0) is 82.3 Å². The van der Waals surface area contributed by atoms with E-state index in [0.29, 0.717) is 33.8 Å². The van der Waals surface area contributed by atoms with Gasteiger partial charge < -0.3 is 4.74 Å². The maximum atomic E-state index is 13.7. The Hall–Kier alpha value is -3.59. The molecule has 1 aliphatic rings. The normalized spacial score (nSPS) is 13.6. The van der Waals surface area contributed by atoms with E-state index in [1.54, 1.807) is 42.5 Å². The quantitative estimate of drug-likeness (QED) is 0.123. The number of rotatable bonds is 6. The number of anilines is 2. The molecule has 0 bridgehead atoms. The molecule has 1 saturated heterocycles. The fourth-order valence-corrected chi connectivity index (χ4v) is 5.29. The van der Waals surface area contributed by atoms with Crippen molar-refractivity contribution in [3.05, 3.63) is 129 Å². The fraction of sp³-hybridized carbons (Fsp3) is 0.0333. The number of hydrogen-bond acceptors (Lipinski definition) is 4. The van der Waals surface area contributed by atoms with Gasteiger partial charge in [-0.3, -0.25) is 19.4 Å². The Balaban J connectivity index is 1.49. The second-order valence-electron chi connectivity index (χ2n) is 8.36. The minimum atomic E-state index is -0.483. The van der Waals surface area contributed by atoms with Crippen molar-refractivity contribution < 1.29 is 14.3 Å². The number of carbonyl (C=O) groups is 2. The molecule has 0 spiro atoms. The summed E-state index contributed by atoms with van der Waals surface area (Å²) in [5, 5.41) is 0.103. The maximum absolute atomic E-state index is 13.7. The van der Waals surface area contributed by atoms with Gasteiger partial charge in [0.05, 0.1) is 15.8 Å². The highest BCUT2D eigenvalue weighted by molar-refractivity contribution is 9.10. The number of benzene rings is 4. The van der Waals surface area contributed by atoms with Gasteiger partial charge in [0.1, 0.15) is 17.9 Å². The number of ether oxygens (including phenoxy) is 1. The van der Waals surface area contributed by atoms with E-state index in [9.17, 15) is 9.59 Å². The van der Waals surface area contributed by atoms with Crippen molar-refractivity contribution in [1.82, 2.24) is 0 Å². The lowest BCUT2D eigenvalue weighted by Crippen LogP contribution is -2.56. The molecule has 4 aromatic carbocycles. The lowest BCUT2D eigenvalue weighted by atomic mass is 10.0. The van der Waals surface area contributed by atoms with Crippen LogP contribution in [-0.2, 0) is 16.2 Å². The van der Waals surface area contributed by atoms with E-state index in [4.69, 9.17) is 17.0 Å². The van der Waals surface area contributed by atoms with E-state index in [1.165, 1.54) is 9.80 Å². The van der Waals surface area contributed by atoms with Crippen LogP contribution >= 0.6 is 44.1 Å². The van der Waals surface area contributed by atoms with Crippen LogP contribution in [0, 0.1) is 0 Å². The number of para-hydroxylation sites is 2. The van der Waals surface area contributed by atoms with Crippen molar-refractivity contribution in [3.63, 3.8) is 0 Å². The van der Waals surface area contributed by atoms with Crippen molar-refractivity contribution in [3.8, 4) is 5.75 Å². The van der Waals surface area contributed by atoms with E-state index < -0.39 is 11.8 Å². The number of hydrogen-bond donors (Lipinski definition) is 0. The van der Waals surface area contributed by atoms with Crippen LogP contribution in [0.5, 0.6) is 5.75 Å². The molecule has 1 heterocycles. The molecular weight excluding hydrogens is 628 g/mol. The van der Waals surface area contributed by atoms with Gasteiger partial charge >= 0.3 is 0 Å². The lowest BCUT2D eigenvalue weighted by Gasteiger charge is -2.36. The third-order valence-electron chi connectivity index (χ3n) is 5.89. The highest BCUT2D eigenvalue weighted by Crippen LogP contribution is 2.32. The van der Waals surface area contributed by atoms with Crippen molar-refractivity contribution in [2.24, 2.45) is 0 Å². The number of carbonyl (C=O) groups excluding carboxylic acids is 2. The van der Waals surface area contributed by atoms with E-state index >= 15 is 0 Å². The van der Waals surface area contributed by atoms with Crippen molar-refractivity contribution in [1.29, 1.82) is 0 Å². The summed E-state index contributed by atoms with van der Waals surface area (Å²) in [7, 11) is 0. The summed E-state index contributed by atoms with van der Waals surface area (Å²) in [6.45, 7) is 0.382. The third kappa shape index (κ3) is 5.34. The molecule has 1 fully saturated rings. The first-order valence-corrected chi connectivity index (χ1v) is 13.6. The number of nitrogens with zero attached hydrogens (tertiary/aromatic N) is 2. The first-order valence-electron chi connectivity index (χ1n) is 11.6. The zero-order valence-corrected chi connectivity index (χ0v) is 23.9. The Bertz CT molecular complexity index is 1500. The van der Waals surface area contributed by atoms with Crippen LogP contribution in [0.3, 0.4) is 0 Å². The monoisotopic (exact) mass is 646 g/mol. The molecular formula is C30H20Br2N2O3S. The van der Waals surface area contributed by atoms with Gasteiger partial charge in [-0.1, -0.05) is 76.6 Å². The van der Waals surface area contributed by atoms with Crippen molar-refractivity contribution >= 4 is 78.5 Å². The molecule has 8 heteroatoms. The first kappa shape index (κ1) is 26.0. The average Bonchev–Trinajstić information content (AvgIpc) is 2.93. The highest BCUT2D eigenvalue weighted by atomic mass is 79.9. The summed E-state index contributed by atoms with van der Waals surface area (Å²) in [6.07, 6.45) is 1.58. The van der Waals surface area contributed by atoms with Gasteiger partial charge in [-0.15, -0.1) is 0 Å². The molecule has 0 saturated carbocycles. The van der Waals surface area contributed by atoms with E-state index in [1.807, 2.05) is 66.7 Å². The molecule has 5 rings (SSSR count). The minimum absolute atomic E-state index is 0.0000839. The van der Waals surface area contributed by atoms with Crippen LogP contribution in [0.25, 0.3) is 6.08 Å². The molecule has 1 aliphatic heterocycles. The van der Waals surface area contributed by atoms with E-state index in [-0.39, 0.29) is 10.7 Å². The zero-order chi connectivity index (χ0) is 26.6. The number of thiocarbonyl (C=S) groups is 1. The predicted octanol–water partition coefficient (Wildman–Crippen LogP) is 7.54. The van der Waals surface area contributed by atoms with Gasteiger partial charge in [0.25, 0.3) is 11.8 Å². The van der Waals surface area contributed by atoms with Crippen LogP contribution in [0.2, 0.25) is 0 Å². The zero-order valence-electron chi connectivity index (χ0n) is 19.9. The molecule has 0 aliphatic carbocycles. The van der Waals surface area contributed by atoms with Crippen LogP contribution in [0.15, 0.2) is 118 Å². The standard InChI is InChI=1S/C30H20Br2N2O3S/c31-25-14-8-7-9-21(25)19-37-27-16-15-20(18-26(27)32)17-24-28(35)33(22-10-3-1-4-11-22)30(38)34(29(24)36)23-12-5-2-6-13-23/h1-18H,19H2. The summed E-state index contributed by atoms with van der Waals surface area (Å²) < 4.78 is 7.66. The second-order valence-corrected chi connectivity index (χ2v) is 10.4. The van der Waals surface area contributed by atoms with Gasteiger partial charge in [0.15, 0.2) is 5.11 Å². The topological polar surface area (TPSA) is 49.9 Å². The Morgan fingerprint density at radius 1 is 0.711 bits per heavy atom. The molecule has 5 nitrogen and oxygen atoms in total. The average molecular weight is 648 g/mol. The molecule has 4 aromatic rings. The molecule has 0 unspecified atom stereocenters. The van der Waals surface area contributed by atoms with Crippen molar-refractivity contribution in [2.75, 3.05) is 9.80 Å². The molecule has 0 atom stereocenters. The molecule has 0 aromatic heterocycles. The third-order valence-corrected chi connectivity index (χ3v) is 7.64. The Labute approximate surface area is 242 Å². The van der Waals surface area contributed by atoms with Crippen molar-refractivity contribution in [2.45, 2.75) is 6.61 Å². The van der Waals surface area contributed by atoms with E-state index in [0.717, 1.165) is 10.0 Å². The second kappa shape index (κ2) is 11.4. The maximum Gasteiger partial charge on any atom is 0.270 e. The minimum Gasteiger partial charge on any atom is -0.488 e. The summed E-state index contributed by atoms with van der Waals surface area (Å²) in [6, 6.07) is 31.4. The summed E-state index contributed by atoms with van der Waals surface area (Å²) in [5.41, 5.74) is 2.84. The van der Waals surface area contributed by atoms with Crippen LogP contribution < -0.4 is 14.5 Å². The predicted molar refractivity (Wildman–Crippen MR) is 161 cm³/mol. The summed E-state index contributed by atoms with van der Waals surface area (Å²) >= 11 is 12.8. The van der Waals surface area contributed by atoms with E-state index in [2.05, 4.69) is 31.9 Å². The molecule has 188 valence electrons. The van der Waals surface area contributed by atoms with Gasteiger partial charge in [-0.25, -0.2) is 0 Å². The van der Waals surface area contributed by atoms with Gasteiger partial charge in [0.2, 0.25) is 0 Å². The molecule has 0 N–H and O–H groups in total. The first-order chi connectivity index (χ1) is 18.4. The SMILES string of the molecule is O=C1C(=Cc2ccc(OCc3ccccc3Br)c(Br)c2)C(=O)N(c2ccccc2)C(=S)N1c1ccccc1. The van der Waals surface area contributed by atoms with Crippen LogP contribution in [0.1, 0.15) is 11.1 Å². The Morgan fingerprint density at radius 3 is 1.82 bits per heavy atom. The number of amides is 2. The smallest absolute Gasteiger partial charge is 0.270 e. The summed E-state index contributed by atoms with van der Waals surface area (Å²) in [5.74, 6) is -0.324. The van der Waals surface area contributed by atoms with Crippen LogP contribution in [0.4, 0.5) is 11.4 Å². The Kier molecular flexibility index (Phi) is 7.83. The number of halogens is 2. The molecule has 38 heavy (non-hydrogen) atoms. The van der Waals surface area contributed by atoms with Gasteiger partial charge in [-0.2, -0.15) is 0 Å². The van der Waals surface area contributed by atoms with Crippen LogP contribution in [-0.4, -0.2) is 16.9 Å². The lowest BCUT2D eigenvalue weighted by molar-refractivity contribution is -0.120. The molecule has 2 amide bonds. The largest absolute Gasteiger partial charge is 0.488 e. The fourth-order valence-electron chi connectivity index (χ4n) is 4.00. The Morgan fingerprint density at radius 2 is 1.26 bits per heavy atom. The highest BCUT2D eigenvalue weighted by Gasteiger charge is 2.41. The van der Waals surface area contributed by atoms with Gasteiger partial charge in [0, 0.05) is 10.0 Å². The molecule has 0 radical (unpaired) electrons. The summed E-state index contributed by atoms with van der Waals surface area (Å²) in [4.78, 5) is 30.1.